The van der Waals surface area contributed by atoms with Crippen LogP contribution in [0.15, 0.2) is 6.07 Å². The number of aromatic nitrogens is 2. The summed E-state index contributed by atoms with van der Waals surface area (Å²) in [5.74, 6) is -0.181. The maximum Gasteiger partial charge on any atom is 0.272 e. The Morgan fingerprint density at radius 3 is 2.86 bits per heavy atom. The van der Waals surface area contributed by atoms with Crippen molar-refractivity contribution >= 4 is 11.8 Å². The standard InChI is InChI=1S/C15H24N4O2/c1-4-7-11-10-13(18(3)17-11)15(21)19-9-6-5-8-12(19)14(20)16-2/h10,12H,4-9H2,1-3H3,(H,16,20). The molecule has 0 aromatic carbocycles. The number of nitrogens with one attached hydrogen (secondary N) is 1. The van der Waals surface area contributed by atoms with E-state index in [2.05, 4.69) is 17.3 Å². The molecule has 2 amide bonds. The van der Waals surface area contributed by atoms with E-state index in [1.165, 1.54) is 0 Å². The number of likely N-dealkylation sites (N-methyl/N-ethyl adjacent to an activating group) is 1. The molecule has 1 aliphatic rings. The highest BCUT2D eigenvalue weighted by atomic mass is 16.2. The first kappa shape index (κ1) is 15.5. The summed E-state index contributed by atoms with van der Waals surface area (Å²) in [5.41, 5.74) is 1.49. The Balaban J connectivity index is 2.22. The fraction of sp³-hybridized carbons (Fsp3) is 0.667. The molecule has 1 fully saturated rings. The molecule has 0 spiro atoms. The van der Waals surface area contributed by atoms with Crippen molar-refractivity contribution < 1.29 is 9.59 Å². The van der Waals surface area contributed by atoms with Crippen LogP contribution in [-0.4, -0.2) is 46.1 Å². The first-order valence-corrected chi connectivity index (χ1v) is 7.64. The van der Waals surface area contributed by atoms with Gasteiger partial charge in [0.2, 0.25) is 5.91 Å². The predicted molar refractivity (Wildman–Crippen MR) is 79.9 cm³/mol. The smallest absolute Gasteiger partial charge is 0.272 e. The monoisotopic (exact) mass is 292 g/mol. The van der Waals surface area contributed by atoms with Crippen LogP contribution in [0.3, 0.4) is 0 Å². The van der Waals surface area contributed by atoms with Crippen molar-refractivity contribution in [2.75, 3.05) is 13.6 Å². The molecule has 0 aliphatic carbocycles. The second-order valence-corrected chi connectivity index (χ2v) is 5.52. The minimum absolute atomic E-state index is 0.0843. The molecule has 0 saturated carbocycles. The fourth-order valence-electron chi connectivity index (χ4n) is 2.87. The van der Waals surface area contributed by atoms with E-state index in [-0.39, 0.29) is 17.9 Å². The van der Waals surface area contributed by atoms with E-state index in [0.717, 1.165) is 37.8 Å². The number of likely N-dealkylation sites (tertiary alicyclic amines) is 1. The Morgan fingerprint density at radius 1 is 1.43 bits per heavy atom. The topological polar surface area (TPSA) is 67.2 Å². The number of amides is 2. The predicted octanol–water partition coefficient (Wildman–Crippen LogP) is 1.11. The molecule has 0 bridgehead atoms. The van der Waals surface area contributed by atoms with Gasteiger partial charge >= 0.3 is 0 Å². The molecule has 2 heterocycles. The number of carbonyl (C=O) groups is 2. The van der Waals surface area contributed by atoms with Gasteiger partial charge in [0.25, 0.3) is 5.91 Å². The molecule has 6 heteroatoms. The van der Waals surface area contributed by atoms with Crippen LogP contribution in [0.4, 0.5) is 0 Å². The third-order valence-corrected chi connectivity index (χ3v) is 3.97. The van der Waals surface area contributed by atoms with Crippen molar-refractivity contribution in [1.29, 1.82) is 0 Å². The van der Waals surface area contributed by atoms with Crippen LogP contribution in [0.1, 0.15) is 48.8 Å². The maximum atomic E-state index is 12.8. The number of aryl methyl sites for hydroxylation is 2. The Hall–Kier alpha value is -1.85. The summed E-state index contributed by atoms with van der Waals surface area (Å²) < 4.78 is 1.63. The molecule has 0 radical (unpaired) electrons. The van der Waals surface area contributed by atoms with Crippen molar-refractivity contribution in [2.45, 2.75) is 45.1 Å². The summed E-state index contributed by atoms with van der Waals surface area (Å²) in [5, 5.41) is 7.03. The van der Waals surface area contributed by atoms with Gasteiger partial charge in [-0.3, -0.25) is 14.3 Å². The van der Waals surface area contributed by atoms with Crippen molar-refractivity contribution in [1.82, 2.24) is 20.0 Å². The van der Waals surface area contributed by atoms with E-state index < -0.39 is 0 Å². The van der Waals surface area contributed by atoms with Gasteiger partial charge in [0.15, 0.2) is 0 Å². The first-order chi connectivity index (χ1) is 10.1. The quantitative estimate of drug-likeness (QED) is 0.904. The highest BCUT2D eigenvalue weighted by Crippen LogP contribution is 2.20. The average molecular weight is 292 g/mol. The molecule has 6 nitrogen and oxygen atoms in total. The normalized spacial score (nSPS) is 18.6. The zero-order chi connectivity index (χ0) is 15.4. The van der Waals surface area contributed by atoms with Crippen LogP contribution in [-0.2, 0) is 18.3 Å². The van der Waals surface area contributed by atoms with Gasteiger partial charge in [-0.05, 0) is 31.7 Å². The fourth-order valence-corrected chi connectivity index (χ4v) is 2.87. The Bertz CT molecular complexity index is 524. The van der Waals surface area contributed by atoms with Crippen LogP contribution in [0.5, 0.6) is 0 Å². The van der Waals surface area contributed by atoms with Crippen molar-refractivity contribution in [3.8, 4) is 0 Å². The zero-order valence-electron chi connectivity index (χ0n) is 13.1. The Labute approximate surface area is 125 Å². The molecular weight excluding hydrogens is 268 g/mol. The molecule has 2 rings (SSSR count). The molecule has 1 aromatic heterocycles. The van der Waals surface area contributed by atoms with Crippen LogP contribution in [0.2, 0.25) is 0 Å². The van der Waals surface area contributed by atoms with Crippen LogP contribution in [0.25, 0.3) is 0 Å². The third kappa shape index (κ3) is 3.25. The summed E-state index contributed by atoms with van der Waals surface area (Å²) >= 11 is 0. The van der Waals surface area contributed by atoms with Gasteiger partial charge in [0, 0.05) is 20.6 Å². The van der Waals surface area contributed by atoms with Gasteiger partial charge < -0.3 is 10.2 Å². The first-order valence-electron chi connectivity index (χ1n) is 7.64. The van der Waals surface area contributed by atoms with Gasteiger partial charge in [-0.25, -0.2) is 0 Å². The number of carbonyl (C=O) groups excluding carboxylic acids is 2. The molecule has 1 saturated heterocycles. The number of rotatable bonds is 4. The molecule has 1 aromatic rings. The summed E-state index contributed by atoms with van der Waals surface area (Å²) in [4.78, 5) is 26.4. The highest BCUT2D eigenvalue weighted by Gasteiger charge is 2.33. The Morgan fingerprint density at radius 2 is 2.19 bits per heavy atom. The molecule has 116 valence electrons. The summed E-state index contributed by atoms with van der Waals surface area (Å²) in [6, 6.07) is 1.49. The van der Waals surface area contributed by atoms with Crippen LogP contribution < -0.4 is 5.32 Å². The molecular formula is C15H24N4O2. The maximum absolute atomic E-state index is 12.8. The van der Waals surface area contributed by atoms with E-state index in [0.29, 0.717) is 12.2 Å². The average Bonchev–Trinajstić information content (AvgIpc) is 2.86. The number of nitrogens with zero attached hydrogens (tertiary/aromatic N) is 3. The second-order valence-electron chi connectivity index (χ2n) is 5.52. The van der Waals surface area contributed by atoms with E-state index in [1.807, 2.05) is 6.07 Å². The van der Waals surface area contributed by atoms with E-state index in [4.69, 9.17) is 0 Å². The van der Waals surface area contributed by atoms with Crippen molar-refractivity contribution in [3.05, 3.63) is 17.5 Å². The summed E-state index contributed by atoms with van der Waals surface area (Å²) in [7, 11) is 3.40. The van der Waals surface area contributed by atoms with Gasteiger partial charge in [0.1, 0.15) is 11.7 Å². The lowest BCUT2D eigenvalue weighted by atomic mass is 10.0. The van der Waals surface area contributed by atoms with Gasteiger partial charge in [-0.15, -0.1) is 0 Å². The highest BCUT2D eigenvalue weighted by molar-refractivity contribution is 5.96. The van der Waals surface area contributed by atoms with Gasteiger partial charge in [-0.1, -0.05) is 13.3 Å². The minimum Gasteiger partial charge on any atom is -0.357 e. The molecule has 1 atom stereocenters. The summed E-state index contributed by atoms with van der Waals surface area (Å²) in [6.07, 6.45) is 4.51. The Kier molecular flexibility index (Phi) is 4.98. The zero-order valence-corrected chi connectivity index (χ0v) is 13.1. The number of hydrogen-bond donors (Lipinski definition) is 1. The minimum atomic E-state index is -0.360. The molecule has 21 heavy (non-hydrogen) atoms. The third-order valence-electron chi connectivity index (χ3n) is 3.97. The lowest BCUT2D eigenvalue weighted by molar-refractivity contribution is -0.126. The number of hydrogen-bond acceptors (Lipinski definition) is 3. The van der Waals surface area contributed by atoms with E-state index >= 15 is 0 Å². The lowest BCUT2D eigenvalue weighted by Crippen LogP contribution is -2.51. The van der Waals surface area contributed by atoms with E-state index in [9.17, 15) is 9.59 Å². The second kappa shape index (κ2) is 6.74. The van der Waals surface area contributed by atoms with Crippen LogP contribution >= 0.6 is 0 Å². The largest absolute Gasteiger partial charge is 0.357 e. The molecule has 1 unspecified atom stereocenters. The SMILES string of the molecule is CCCc1cc(C(=O)N2CCCCC2C(=O)NC)n(C)n1. The van der Waals surface area contributed by atoms with Gasteiger partial charge in [-0.2, -0.15) is 5.10 Å². The van der Waals surface area contributed by atoms with Crippen molar-refractivity contribution in [2.24, 2.45) is 7.05 Å². The summed E-state index contributed by atoms with van der Waals surface area (Å²) in [6.45, 7) is 2.72. The molecule has 1 N–H and O–H groups in total. The molecule has 1 aliphatic heterocycles. The van der Waals surface area contributed by atoms with Gasteiger partial charge in [0.05, 0.1) is 5.69 Å². The lowest BCUT2D eigenvalue weighted by Gasteiger charge is -2.34. The number of piperidine rings is 1. The van der Waals surface area contributed by atoms with Crippen LogP contribution in [0, 0.1) is 0 Å². The van der Waals surface area contributed by atoms with E-state index in [1.54, 1.807) is 23.7 Å². The van der Waals surface area contributed by atoms with Crippen molar-refractivity contribution in [3.63, 3.8) is 0 Å².